The molecule has 114 valence electrons. The summed E-state index contributed by atoms with van der Waals surface area (Å²) in [6.07, 6.45) is 2.87. The van der Waals surface area contributed by atoms with Crippen LogP contribution in [-0.4, -0.2) is 30.1 Å². The zero-order valence-corrected chi connectivity index (χ0v) is 12.0. The minimum atomic E-state index is -0.803. The van der Waals surface area contributed by atoms with Crippen molar-refractivity contribution in [1.29, 1.82) is 0 Å². The predicted octanol–water partition coefficient (Wildman–Crippen LogP) is 1.49. The Kier molecular flexibility index (Phi) is 4.96. The van der Waals surface area contributed by atoms with Crippen LogP contribution in [0.2, 0.25) is 0 Å². The summed E-state index contributed by atoms with van der Waals surface area (Å²) in [5.74, 6) is -1.31. The lowest BCUT2D eigenvalue weighted by atomic mass is 9.66. The van der Waals surface area contributed by atoms with Crippen molar-refractivity contribution in [3.8, 4) is 0 Å². The zero-order chi connectivity index (χ0) is 15.3. The number of rotatable bonds is 7. The Morgan fingerprint density at radius 3 is 2.43 bits per heavy atom. The van der Waals surface area contributed by atoms with E-state index in [0.29, 0.717) is 6.54 Å². The number of aliphatic carboxylic acids is 1. The van der Waals surface area contributed by atoms with Gasteiger partial charge in [0.2, 0.25) is 5.91 Å². The van der Waals surface area contributed by atoms with Crippen LogP contribution in [-0.2, 0) is 9.59 Å². The van der Waals surface area contributed by atoms with Crippen LogP contribution < -0.4 is 11.1 Å². The van der Waals surface area contributed by atoms with Gasteiger partial charge in [-0.05, 0) is 23.8 Å². The van der Waals surface area contributed by atoms with Gasteiger partial charge in [-0.25, -0.2) is 0 Å². The van der Waals surface area contributed by atoms with E-state index in [1.165, 1.54) is 0 Å². The third kappa shape index (κ3) is 3.82. The van der Waals surface area contributed by atoms with Crippen molar-refractivity contribution in [2.75, 3.05) is 13.1 Å². The molecular weight excluding hydrogens is 268 g/mol. The Labute approximate surface area is 124 Å². The highest BCUT2D eigenvalue weighted by Gasteiger charge is 2.39. The molecule has 1 fully saturated rings. The van der Waals surface area contributed by atoms with E-state index in [9.17, 15) is 9.59 Å². The molecule has 1 atom stereocenters. The van der Waals surface area contributed by atoms with E-state index in [1.54, 1.807) is 0 Å². The highest BCUT2D eigenvalue weighted by atomic mass is 16.4. The standard InChI is InChI=1S/C16H22N2O3/c17-10-13(12-5-2-1-3-6-12)15(21)18-11-16(7-4-8-16)9-14(19)20/h1-3,5-6,13H,4,7-11,17H2,(H,18,21)(H,19,20). The summed E-state index contributed by atoms with van der Waals surface area (Å²) in [6.45, 7) is 0.656. The Morgan fingerprint density at radius 1 is 1.29 bits per heavy atom. The molecule has 2 rings (SSSR count). The van der Waals surface area contributed by atoms with Gasteiger partial charge in [-0.3, -0.25) is 9.59 Å². The fraction of sp³-hybridized carbons (Fsp3) is 0.500. The Bertz CT molecular complexity index is 498. The van der Waals surface area contributed by atoms with Crippen LogP contribution in [0.1, 0.15) is 37.2 Å². The lowest BCUT2D eigenvalue weighted by Gasteiger charge is -2.41. The topological polar surface area (TPSA) is 92.4 Å². The molecule has 1 aromatic rings. The molecule has 1 amide bonds. The maximum absolute atomic E-state index is 12.3. The number of benzene rings is 1. The molecular formula is C16H22N2O3. The number of amides is 1. The van der Waals surface area contributed by atoms with Gasteiger partial charge < -0.3 is 16.2 Å². The van der Waals surface area contributed by atoms with Crippen molar-refractivity contribution in [3.63, 3.8) is 0 Å². The first-order chi connectivity index (χ1) is 10.1. The molecule has 4 N–H and O–H groups in total. The molecule has 1 unspecified atom stereocenters. The average Bonchev–Trinajstić information content (AvgIpc) is 2.43. The third-order valence-electron chi connectivity index (χ3n) is 4.33. The van der Waals surface area contributed by atoms with Gasteiger partial charge in [-0.1, -0.05) is 36.8 Å². The highest BCUT2D eigenvalue weighted by Crippen LogP contribution is 2.43. The molecule has 5 heteroatoms. The number of hydrogen-bond acceptors (Lipinski definition) is 3. The van der Waals surface area contributed by atoms with Gasteiger partial charge in [-0.15, -0.1) is 0 Å². The van der Waals surface area contributed by atoms with Gasteiger partial charge in [0.25, 0.3) is 0 Å². The molecule has 0 saturated heterocycles. The van der Waals surface area contributed by atoms with Crippen molar-refractivity contribution >= 4 is 11.9 Å². The van der Waals surface area contributed by atoms with Gasteiger partial charge in [0.15, 0.2) is 0 Å². The Hall–Kier alpha value is -1.88. The van der Waals surface area contributed by atoms with E-state index in [2.05, 4.69) is 5.32 Å². The van der Waals surface area contributed by atoms with Gasteiger partial charge in [-0.2, -0.15) is 0 Å². The molecule has 0 radical (unpaired) electrons. The highest BCUT2D eigenvalue weighted by molar-refractivity contribution is 5.84. The number of carboxylic acid groups (broad SMARTS) is 1. The van der Waals surface area contributed by atoms with Gasteiger partial charge in [0, 0.05) is 13.1 Å². The van der Waals surface area contributed by atoms with E-state index < -0.39 is 5.97 Å². The second-order valence-corrected chi connectivity index (χ2v) is 5.84. The van der Waals surface area contributed by atoms with Crippen molar-refractivity contribution in [3.05, 3.63) is 35.9 Å². The lowest BCUT2D eigenvalue weighted by Crippen LogP contribution is -2.45. The molecule has 21 heavy (non-hydrogen) atoms. The molecule has 1 aliphatic carbocycles. The zero-order valence-electron chi connectivity index (χ0n) is 12.0. The molecule has 0 aliphatic heterocycles. The number of carbonyl (C=O) groups excluding carboxylic acids is 1. The van der Waals surface area contributed by atoms with E-state index in [1.807, 2.05) is 30.3 Å². The monoisotopic (exact) mass is 290 g/mol. The molecule has 1 aromatic carbocycles. The molecule has 0 bridgehead atoms. The van der Waals surface area contributed by atoms with Gasteiger partial charge in [0.05, 0.1) is 12.3 Å². The molecule has 5 nitrogen and oxygen atoms in total. The fourth-order valence-corrected chi connectivity index (χ4v) is 2.89. The number of carbonyl (C=O) groups is 2. The van der Waals surface area contributed by atoms with Gasteiger partial charge >= 0.3 is 5.97 Å². The maximum atomic E-state index is 12.3. The summed E-state index contributed by atoms with van der Waals surface area (Å²) in [7, 11) is 0. The predicted molar refractivity (Wildman–Crippen MR) is 79.8 cm³/mol. The minimum absolute atomic E-state index is 0.117. The first-order valence-electron chi connectivity index (χ1n) is 7.31. The SMILES string of the molecule is NCC(C(=O)NCC1(CC(=O)O)CCC1)c1ccccc1. The number of carboxylic acids is 1. The molecule has 0 aromatic heterocycles. The summed E-state index contributed by atoms with van der Waals surface area (Å²) in [5, 5.41) is 11.9. The van der Waals surface area contributed by atoms with E-state index in [0.717, 1.165) is 24.8 Å². The van der Waals surface area contributed by atoms with Crippen LogP contribution >= 0.6 is 0 Å². The smallest absolute Gasteiger partial charge is 0.303 e. The van der Waals surface area contributed by atoms with E-state index in [4.69, 9.17) is 10.8 Å². The van der Waals surface area contributed by atoms with Gasteiger partial charge in [0.1, 0.15) is 0 Å². The first kappa shape index (κ1) is 15.5. The summed E-state index contributed by atoms with van der Waals surface area (Å²) >= 11 is 0. The second kappa shape index (κ2) is 6.72. The van der Waals surface area contributed by atoms with E-state index >= 15 is 0 Å². The average molecular weight is 290 g/mol. The van der Waals surface area contributed by atoms with Crippen LogP contribution in [0.15, 0.2) is 30.3 Å². The van der Waals surface area contributed by atoms with Crippen molar-refractivity contribution in [2.45, 2.75) is 31.6 Å². The van der Waals surface area contributed by atoms with Crippen molar-refractivity contribution in [1.82, 2.24) is 5.32 Å². The van der Waals surface area contributed by atoms with Crippen LogP contribution in [0.5, 0.6) is 0 Å². The molecule has 0 spiro atoms. The minimum Gasteiger partial charge on any atom is -0.481 e. The van der Waals surface area contributed by atoms with Crippen molar-refractivity contribution < 1.29 is 14.7 Å². The molecule has 1 aliphatic rings. The Morgan fingerprint density at radius 2 is 1.95 bits per heavy atom. The quantitative estimate of drug-likeness (QED) is 0.709. The van der Waals surface area contributed by atoms with Crippen molar-refractivity contribution in [2.24, 2.45) is 11.1 Å². The molecule has 1 saturated carbocycles. The third-order valence-corrected chi connectivity index (χ3v) is 4.33. The number of nitrogens with one attached hydrogen (secondary N) is 1. The number of nitrogens with two attached hydrogens (primary N) is 1. The normalized spacial score (nSPS) is 17.6. The summed E-state index contributed by atoms with van der Waals surface area (Å²) in [4.78, 5) is 23.2. The molecule has 0 heterocycles. The van der Waals surface area contributed by atoms with Crippen LogP contribution in [0.3, 0.4) is 0 Å². The largest absolute Gasteiger partial charge is 0.481 e. The van der Waals surface area contributed by atoms with E-state index in [-0.39, 0.29) is 30.2 Å². The Balaban J connectivity index is 1.95. The number of hydrogen-bond donors (Lipinski definition) is 3. The van der Waals surface area contributed by atoms with Crippen LogP contribution in [0.25, 0.3) is 0 Å². The fourth-order valence-electron chi connectivity index (χ4n) is 2.89. The summed E-state index contributed by atoms with van der Waals surface area (Å²) in [6, 6.07) is 9.42. The van der Waals surface area contributed by atoms with Crippen LogP contribution in [0, 0.1) is 5.41 Å². The lowest BCUT2D eigenvalue weighted by molar-refractivity contribution is -0.142. The summed E-state index contributed by atoms with van der Waals surface area (Å²) < 4.78 is 0. The first-order valence-corrected chi connectivity index (χ1v) is 7.31. The summed E-state index contributed by atoms with van der Waals surface area (Å²) in [5.41, 5.74) is 6.34. The van der Waals surface area contributed by atoms with Crippen LogP contribution in [0.4, 0.5) is 0 Å². The second-order valence-electron chi connectivity index (χ2n) is 5.84. The maximum Gasteiger partial charge on any atom is 0.303 e.